The zero-order valence-electron chi connectivity index (χ0n) is 26.0. The van der Waals surface area contributed by atoms with Crippen LogP contribution >= 0.6 is 0 Å². The van der Waals surface area contributed by atoms with E-state index in [1.165, 1.54) is 69.9 Å². The van der Waals surface area contributed by atoms with Crippen LogP contribution in [0, 0.1) is 0 Å². The van der Waals surface area contributed by atoms with Gasteiger partial charge >= 0.3 is 0 Å². The maximum Gasteiger partial charge on any atom is 0.295 e. The van der Waals surface area contributed by atoms with Crippen molar-refractivity contribution in [3.63, 3.8) is 0 Å². The van der Waals surface area contributed by atoms with Crippen LogP contribution in [-0.4, -0.2) is 25.9 Å². The van der Waals surface area contributed by atoms with Gasteiger partial charge in [-0.05, 0) is 58.9 Å². The lowest BCUT2D eigenvalue weighted by Crippen LogP contribution is -2.10. The normalized spacial score (nSPS) is 12.1. The Morgan fingerprint density at radius 1 is 0.643 bits per heavy atom. The Balaban J connectivity index is 0.000000294. The smallest absolute Gasteiger partial charge is 0.282 e. The van der Waals surface area contributed by atoms with Crippen molar-refractivity contribution in [3.8, 4) is 0 Å². The number of rotatable bonds is 15. The molecule has 0 aliphatic heterocycles. The van der Waals surface area contributed by atoms with Crippen molar-refractivity contribution in [1.29, 1.82) is 0 Å². The predicted octanol–water partition coefficient (Wildman–Crippen LogP) is 9.73. The second kappa shape index (κ2) is 17.1. The molecule has 2 N–H and O–H groups in total. The molecule has 0 saturated heterocycles. The second-order valence-corrected chi connectivity index (χ2v) is 14.5. The largest absolute Gasteiger partial charge is 0.295 e. The molecule has 6 nitrogen and oxygen atoms in total. The number of hydrogen-bond donors (Lipinski definition) is 2. The van der Waals surface area contributed by atoms with Gasteiger partial charge in [0, 0.05) is 5.39 Å². The Kier molecular flexibility index (Phi) is 14.7. The molecule has 0 bridgehead atoms. The van der Waals surface area contributed by atoms with Crippen LogP contribution in [0.2, 0.25) is 0 Å². The summed E-state index contributed by atoms with van der Waals surface area (Å²) in [5.74, 6) is 0.214. The van der Waals surface area contributed by atoms with Gasteiger partial charge in [-0.25, -0.2) is 0 Å². The molecular formula is C34H50O6S2. The van der Waals surface area contributed by atoms with Gasteiger partial charge in [0.2, 0.25) is 0 Å². The number of fused-ring (bicyclic) bond motifs is 1. The average Bonchev–Trinajstić information content (AvgIpc) is 2.92. The van der Waals surface area contributed by atoms with Crippen LogP contribution in [0.25, 0.3) is 10.8 Å². The molecule has 3 aromatic carbocycles. The molecule has 0 saturated carbocycles. The molecule has 0 fully saturated rings. The van der Waals surface area contributed by atoms with Gasteiger partial charge in [0.05, 0.1) is 4.90 Å². The van der Waals surface area contributed by atoms with Crippen molar-refractivity contribution < 1.29 is 25.9 Å². The van der Waals surface area contributed by atoms with Gasteiger partial charge < -0.3 is 0 Å². The van der Waals surface area contributed by atoms with Gasteiger partial charge in [0.1, 0.15) is 4.90 Å². The first-order valence-electron chi connectivity index (χ1n) is 15.4. The van der Waals surface area contributed by atoms with Gasteiger partial charge in [-0.3, -0.25) is 9.11 Å². The molecule has 8 heteroatoms. The van der Waals surface area contributed by atoms with Crippen LogP contribution in [0.1, 0.15) is 127 Å². The minimum Gasteiger partial charge on any atom is -0.282 e. The SMILES string of the molecule is CC(C)c1cc2ccccc2c(S(=O)(=O)O)c1C(C)C.CCCCCCCCCCCCc1ccc(S(=O)(=O)O)cc1. The standard InChI is InChI=1S/C18H30O3S.C16H20O3S/c1-2-3-4-5-6-7-8-9-10-11-12-17-13-15-18(16-14-17)22(19,20)21;1-10(2)14-9-12-7-5-6-8-13(12)16(20(17,18)19)15(14)11(3)4/h13-16H,2-12H2,1H3,(H,19,20,21);5-11H,1-4H3,(H,17,18,19). The second-order valence-electron chi connectivity index (χ2n) is 11.8. The van der Waals surface area contributed by atoms with E-state index in [4.69, 9.17) is 4.55 Å². The maximum atomic E-state index is 11.9. The Bertz CT molecular complexity index is 1460. The summed E-state index contributed by atoms with van der Waals surface area (Å²) in [6.07, 6.45) is 14.1. The van der Waals surface area contributed by atoms with Crippen LogP contribution in [0.3, 0.4) is 0 Å². The highest BCUT2D eigenvalue weighted by atomic mass is 32.2. The van der Waals surface area contributed by atoms with Crippen molar-refractivity contribution in [1.82, 2.24) is 0 Å². The summed E-state index contributed by atoms with van der Waals surface area (Å²) in [5.41, 5.74) is 2.83. The highest BCUT2D eigenvalue weighted by Gasteiger charge is 2.25. The third-order valence-electron chi connectivity index (χ3n) is 7.57. The first kappa shape index (κ1) is 35.9. The lowest BCUT2D eigenvalue weighted by molar-refractivity contribution is 0.480. The van der Waals surface area contributed by atoms with Gasteiger partial charge in [-0.15, -0.1) is 0 Å². The average molecular weight is 619 g/mol. The van der Waals surface area contributed by atoms with Gasteiger partial charge in [-0.2, -0.15) is 16.8 Å². The van der Waals surface area contributed by atoms with E-state index in [1.54, 1.807) is 24.3 Å². The molecular weight excluding hydrogens is 569 g/mol. The van der Waals surface area contributed by atoms with Crippen molar-refractivity contribution in [3.05, 3.63) is 71.3 Å². The Morgan fingerprint density at radius 3 is 1.64 bits per heavy atom. The molecule has 0 aromatic heterocycles. The first-order valence-corrected chi connectivity index (χ1v) is 18.2. The Hall–Kier alpha value is -2.26. The fourth-order valence-corrected chi connectivity index (χ4v) is 6.92. The van der Waals surface area contributed by atoms with Crippen LogP contribution in [0.15, 0.2) is 64.4 Å². The third kappa shape index (κ3) is 11.4. The minimum atomic E-state index is -4.26. The van der Waals surface area contributed by atoms with E-state index in [2.05, 4.69) is 6.92 Å². The van der Waals surface area contributed by atoms with E-state index in [9.17, 15) is 21.4 Å². The molecule has 3 rings (SSSR count). The van der Waals surface area contributed by atoms with E-state index in [0.717, 1.165) is 34.9 Å². The van der Waals surface area contributed by atoms with E-state index in [-0.39, 0.29) is 21.6 Å². The lowest BCUT2D eigenvalue weighted by atomic mass is 9.88. The summed E-state index contributed by atoms with van der Waals surface area (Å²) in [6, 6.07) is 15.8. The van der Waals surface area contributed by atoms with Crippen LogP contribution in [0.4, 0.5) is 0 Å². The molecule has 0 aliphatic carbocycles. The summed E-state index contributed by atoms with van der Waals surface area (Å²) in [5, 5.41) is 1.43. The first-order chi connectivity index (χ1) is 19.8. The molecule has 3 aromatic rings. The fraction of sp³-hybridized carbons (Fsp3) is 0.529. The Morgan fingerprint density at radius 2 is 1.17 bits per heavy atom. The summed E-state index contributed by atoms with van der Waals surface area (Å²) < 4.78 is 64.3. The summed E-state index contributed by atoms with van der Waals surface area (Å²) in [7, 11) is -8.32. The Labute approximate surface area is 254 Å². The molecule has 0 amide bonds. The molecule has 0 aliphatic rings. The zero-order chi connectivity index (χ0) is 31.3. The summed E-state index contributed by atoms with van der Waals surface area (Å²) >= 11 is 0. The maximum absolute atomic E-state index is 11.9. The highest BCUT2D eigenvalue weighted by Crippen LogP contribution is 2.37. The van der Waals surface area contributed by atoms with Gasteiger partial charge in [0.25, 0.3) is 20.2 Å². The zero-order valence-corrected chi connectivity index (χ0v) is 27.6. The predicted molar refractivity (Wildman–Crippen MR) is 174 cm³/mol. The van der Waals surface area contributed by atoms with E-state index in [1.807, 2.05) is 45.9 Å². The number of hydrogen-bond acceptors (Lipinski definition) is 4. The third-order valence-corrected chi connectivity index (χ3v) is 9.39. The highest BCUT2D eigenvalue weighted by molar-refractivity contribution is 7.86. The van der Waals surface area contributed by atoms with Gasteiger partial charge in [0.15, 0.2) is 0 Å². The number of aryl methyl sites for hydroxylation is 1. The van der Waals surface area contributed by atoms with Gasteiger partial charge in [-0.1, -0.05) is 135 Å². The van der Waals surface area contributed by atoms with Crippen molar-refractivity contribution >= 4 is 31.0 Å². The van der Waals surface area contributed by atoms with Crippen molar-refractivity contribution in [2.24, 2.45) is 0 Å². The van der Waals surface area contributed by atoms with Crippen LogP contribution in [-0.2, 0) is 26.7 Å². The van der Waals surface area contributed by atoms with Crippen molar-refractivity contribution in [2.45, 2.75) is 127 Å². The minimum absolute atomic E-state index is 0.0222. The summed E-state index contributed by atoms with van der Waals surface area (Å²) in [4.78, 5) is 0.0358. The van der Waals surface area contributed by atoms with E-state index >= 15 is 0 Å². The lowest BCUT2D eigenvalue weighted by Gasteiger charge is -2.21. The molecule has 0 atom stereocenters. The van der Waals surface area contributed by atoms with E-state index in [0.29, 0.717) is 5.39 Å². The molecule has 42 heavy (non-hydrogen) atoms. The molecule has 0 spiro atoms. The summed E-state index contributed by atoms with van der Waals surface area (Å²) in [6.45, 7) is 10.2. The molecule has 0 heterocycles. The number of benzene rings is 3. The molecule has 234 valence electrons. The quantitative estimate of drug-likeness (QED) is 0.130. The van der Waals surface area contributed by atoms with Crippen molar-refractivity contribution in [2.75, 3.05) is 0 Å². The van der Waals surface area contributed by atoms with E-state index < -0.39 is 20.2 Å². The number of unbranched alkanes of at least 4 members (excludes halogenated alkanes) is 9. The topological polar surface area (TPSA) is 109 Å². The van der Waals surface area contributed by atoms with Crippen LogP contribution < -0.4 is 0 Å². The monoisotopic (exact) mass is 618 g/mol. The fourth-order valence-electron chi connectivity index (χ4n) is 5.35. The molecule has 0 unspecified atom stereocenters. The van der Waals surface area contributed by atoms with Crippen LogP contribution in [0.5, 0.6) is 0 Å². The molecule has 0 radical (unpaired) electrons.